The summed E-state index contributed by atoms with van der Waals surface area (Å²) in [6, 6.07) is 0. The molecule has 1 rings (SSSR count). The van der Waals surface area contributed by atoms with Crippen molar-refractivity contribution in [3.8, 4) is 0 Å². The average Bonchev–Trinajstić information content (AvgIpc) is 2.29. The molecule has 0 aromatic rings. The summed E-state index contributed by atoms with van der Waals surface area (Å²) in [5, 5.41) is 10.5. The second-order valence-corrected chi connectivity index (χ2v) is 4.24. The van der Waals surface area contributed by atoms with Crippen LogP contribution in [0.3, 0.4) is 0 Å². The van der Waals surface area contributed by atoms with E-state index in [0.717, 1.165) is 0 Å². The van der Waals surface area contributed by atoms with E-state index < -0.39 is 28.0 Å². The predicted octanol–water partition coefficient (Wildman–Crippen LogP) is -1.71. The summed E-state index contributed by atoms with van der Waals surface area (Å²) in [5.41, 5.74) is 0. The van der Waals surface area contributed by atoms with E-state index in [0.29, 0.717) is 0 Å². The number of hydrogen-bond donors (Lipinski definition) is 3. The minimum atomic E-state index is -3.66. The van der Waals surface area contributed by atoms with Crippen LogP contribution in [0.5, 0.6) is 0 Å². The van der Waals surface area contributed by atoms with E-state index in [1.54, 1.807) is 0 Å². The lowest BCUT2D eigenvalue weighted by atomic mass is 10.3. The van der Waals surface area contributed by atoms with Crippen LogP contribution in [-0.4, -0.2) is 41.7 Å². The Morgan fingerprint density at radius 2 is 1.93 bits per heavy atom. The minimum absolute atomic E-state index is 0.0845. The van der Waals surface area contributed by atoms with Gasteiger partial charge in [-0.3, -0.25) is 19.5 Å². The van der Waals surface area contributed by atoms with Crippen molar-refractivity contribution in [2.75, 3.05) is 5.75 Å². The van der Waals surface area contributed by atoms with Gasteiger partial charge in [0.1, 0.15) is 6.10 Å². The highest BCUT2D eigenvalue weighted by Gasteiger charge is 2.27. The van der Waals surface area contributed by atoms with Crippen LogP contribution in [-0.2, 0) is 19.7 Å². The first-order valence-electron chi connectivity index (χ1n) is 3.73. The van der Waals surface area contributed by atoms with E-state index in [-0.39, 0.29) is 12.2 Å². The first kappa shape index (κ1) is 13.0. The molecule has 2 amide bonds. The second-order valence-electron chi connectivity index (χ2n) is 2.50. The van der Waals surface area contributed by atoms with Crippen molar-refractivity contribution < 1.29 is 27.7 Å². The lowest BCUT2D eigenvalue weighted by Crippen LogP contribution is -2.24. The molecule has 0 aromatic heterocycles. The van der Waals surface area contributed by atoms with Gasteiger partial charge in [-0.25, -0.2) is 0 Å². The molecule has 3 N–H and O–H groups in total. The summed E-state index contributed by atoms with van der Waals surface area (Å²) in [6.07, 6.45) is -1.19. The molecule has 0 saturated carbocycles. The molecule has 0 spiro atoms. The molecule has 1 heterocycles. The molecule has 0 bridgehead atoms. The van der Waals surface area contributed by atoms with Crippen molar-refractivity contribution in [1.82, 2.24) is 5.32 Å². The Labute approximate surface area is 80.9 Å². The van der Waals surface area contributed by atoms with Crippen molar-refractivity contribution >= 4 is 21.9 Å². The van der Waals surface area contributed by atoms with Crippen LogP contribution in [0.4, 0.5) is 0 Å². The van der Waals surface area contributed by atoms with Crippen molar-refractivity contribution in [2.24, 2.45) is 0 Å². The molecule has 8 heteroatoms. The first-order valence-corrected chi connectivity index (χ1v) is 5.34. The number of aliphatic hydroxyl groups is 1. The highest BCUT2D eigenvalue weighted by molar-refractivity contribution is 7.85. The number of rotatable bonds is 1. The normalized spacial score (nSPS) is 21.2. The fraction of sp³-hybridized carbons (Fsp3) is 0.667. The van der Waals surface area contributed by atoms with Gasteiger partial charge in [-0.05, 0) is 6.92 Å². The number of nitrogens with one attached hydrogen (secondary N) is 1. The molecule has 1 aliphatic heterocycles. The molecular weight excluding hydrogens is 214 g/mol. The van der Waals surface area contributed by atoms with Gasteiger partial charge >= 0.3 is 0 Å². The zero-order valence-corrected chi connectivity index (χ0v) is 8.24. The standard InChI is InChI=1S/C4H5NO3.C2H6O3S/c6-2-1-3(7)5-4(2)8;1-2-6(3,4)5/h2,6H,1H2,(H,5,7,8);2H2,1H3,(H,3,4,5). The lowest BCUT2D eigenvalue weighted by molar-refractivity contribution is -0.127. The molecule has 82 valence electrons. The Bertz CT molecular complexity index is 321. The van der Waals surface area contributed by atoms with Gasteiger partial charge in [0, 0.05) is 0 Å². The zero-order chi connectivity index (χ0) is 11.4. The largest absolute Gasteiger partial charge is 0.383 e. The molecule has 0 radical (unpaired) electrons. The highest BCUT2D eigenvalue weighted by atomic mass is 32.2. The third-order valence-corrected chi connectivity index (χ3v) is 2.04. The van der Waals surface area contributed by atoms with Gasteiger partial charge in [-0.2, -0.15) is 8.42 Å². The fourth-order valence-corrected chi connectivity index (χ4v) is 0.540. The summed E-state index contributed by atoms with van der Waals surface area (Å²) >= 11 is 0. The SMILES string of the molecule is CCS(=O)(=O)O.O=C1CC(O)C(=O)N1. The number of aliphatic hydroxyl groups excluding tert-OH is 1. The Kier molecular flexibility index (Phi) is 4.68. The van der Waals surface area contributed by atoms with Gasteiger partial charge in [0.2, 0.25) is 5.91 Å². The molecule has 1 atom stereocenters. The topological polar surface area (TPSA) is 121 Å². The number of imide groups is 1. The zero-order valence-electron chi connectivity index (χ0n) is 7.43. The maximum absolute atomic E-state index is 10.2. The number of hydrogen-bond acceptors (Lipinski definition) is 5. The van der Waals surface area contributed by atoms with Gasteiger partial charge in [-0.15, -0.1) is 0 Å². The molecule has 1 saturated heterocycles. The van der Waals surface area contributed by atoms with Gasteiger partial charge in [-0.1, -0.05) is 0 Å². The monoisotopic (exact) mass is 225 g/mol. The van der Waals surface area contributed by atoms with Crippen molar-refractivity contribution in [2.45, 2.75) is 19.4 Å². The highest BCUT2D eigenvalue weighted by Crippen LogP contribution is 1.98. The van der Waals surface area contributed by atoms with E-state index in [2.05, 4.69) is 0 Å². The molecule has 0 aliphatic carbocycles. The predicted molar refractivity (Wildman–Crippen MR) is 45.9 cm³/mol. The van der Waals surface area contributed by atoms with Gasteiger partial charge in [0.05, 0.1) is 12.2 Å². The van der Waals surface area contributed by atoms with E-state index in [1.165, 1.54) is 6.92 Å². The Morgan fingerprint density at radius 1 is 1.50 bits per heavy atom. The Morgan fingerprint density at radius 3 is 2.00 bits per heavy atom. The number of carbonyl (C=O) groups excluding carboxylic acids is 2. The molecule has 1 aliphatic rings. The maximum atomic E-state index is 10.2. The van der Waals surface area contributed by atoms with Crippen molar-refractivity contribution in [1.29, 1.82) is 0 Å². The molecule has 1 unspecified atom stereocenters. The molecular formula is C6H11NO6S. The number of amides is 2. The van der Waals surface area contributed by atoms with E-state index in [9.17, 15) is 18.0 Å². The first-order chi connectivity index (χ1) is 6.26. The van der Waals surface area contributed by atoms with E-state index in [4.69, 9.17) is 9.66 Å². The Hall–Kier alpha value is -0.990. The Balaban J connectivity index is 0.000000255. The third kappa shape index (κ3) is 5.62. The molecule has 1 fully saturated rings. The number of carbonyl (C=O) groups is 2. The molecule has 14 heavy (non-hydrogen) atoms. The van der Waals surface area contributed by atoms with Crippen LogP contribution in [0.25, 0.3) is 0 Å². The van der Waals surface area contributed by atoms with Crippen LogP contribution in [0.1, 0.15) is 13.3 Å². The van der Waals surface area contributed by atoms with Gasteiger partial charge < -0.3 is 5.11 Å². The van der Waals surface area contributed by atoms with E-state index >= 15 is 0 Å². The third-order valence-electron chi connectivity index (χ3n) is 1.31. The van der Waals surface area contributed by atoms with Crippen molar-refractivity contribution in [3.05, 3.63) is 0 Å². The summed E-state index contributed by atoms with van der Waals surface area (Å²) in [6.45, 7) is 1.37. The fourth-order valence-electron chi connectivity index (χ4n) is 0.540. The molecule has 0 aromatic carbocycles. The lowest BCUT2D eigenvalue weighted by Gasteiger charge is -1.88. The summed E-state index contributed by atoms with van der Waals surface area (Å²) in [7, 11) is -3.66. The maximum Gasteiger partial charge on any atom is 0.264 e. The van der Waals surface area contributed by atoms with Gasteiger partial charge in [0.15, 0.2) is 0 Å². The van der Waals surface area contributed by atoms with Crippen LogP contribution < -0.4 is 5.32 Å². The quantitative estimate of drug-likeness (QED) is 0.361. The summed E-state index contributed by atoms with van der Waals surface area (Å²) in [4.78, 5) is 20.4. The van der Waals surface area contributed by atoms with Crippen LogP contribution in [0.15, 0.2) is 0 Å². The van der Waals surface area contributed by atoms with Crippen molar-refractivity contribution in [3.63, 3.8) is 0 Å². The van der Waals surface area contributed by atoms with Crippen LogP contribution >= 0.6 is 0 Å². The van der Waals surface area contributed by atoms with E-state index in [1.807, 2.05) is 5.32 Å². The minimum Gasteiger partial charge on any atom is -0.383 e. The second kappa shape index (κ2) is 5.03. The summed E-state index contributed by atoms with van der Waals surface area (Å²) < 4.78 is 26.9. The average molecular weight is 225 g/mol. The summed E-state index contributed by atoms with van der Waals surface area (Å²) in [5.74, 6) is -1.19. The van der Waals surface area contributed by atoms with Gasteiger partial charge in [0.25, 0.3) is 16.0 Å². The van der Waals surface area contributed by atoms with Crippen LogP contribution in [0.2, 0.25) is 0 Å². The van der Waals surface area contributed by atoms with Crippen LogP contribution in [0, 0.1) is 0 Å². The smallest absolute Gasteiger partial charge is 0.264 e. The molecule has 7 nitrogen and oxygen atoms in total.